The second kappa shape index (κ2) is 8.13. The van der Waals surface area contributed by atoms with Crippen LogP contribution < -0.4 is 14.9 Å². The normalized spacial score (nSPS) is 15.1. The highest BCUT2D eigenvalue weighted by Gasteiger charge is 2.42. The lowest BCUT2D eigenvalue weighted by Gasteiger charge is -2.25. The molecule has 6 heteroatoms. The molecule has 0 saturated carbocycles. The molecular formula is C27H23NO5. The highest BCUT2D eigenvalue weighted by molar-refractivity contribution is 5.99. The second-order valence-corrected chi connectivity index (χ2v) is 8.13. The van der Waals surface area contributed by atoms with Gasteiger partial charge in [-0.05, 0) is 54.4 Å². The fraction of sp³-hybridized carbons (Fsp3) is 0.185. The van der Waals surface area contributed by atoms with Gasteiger partial charge in [-0.1, -0.05) is 35.9 Å². The van der Waals surface area contributed by atoms with Crippen LogP contribution in [0.25, 0.3) is 11.0 Å². The Morgan fingerprint density at radius 2 is 1.67 bits per heavy atom. The van der Waals surface area contributed by atoms with Crippen LogP contribution in [0.3, 0.4) is 0 Å². The number of methoxy groups -OCH3 is 2. The molecule has 0 spiro atoms. The van der Waals surface area contributed by atoms with Crippen molar-refractivity contribution in [1.29, 1.82) is 0 Å². The van der Waals surface area contributed by atoms with Crippen molar-refractivity contribution >= 4 is 16.9 Å². The summed E-state index contributed by atoms with van der Waals surface area (Å²) >= 11 is 0. The van der Waals surface area contributed by atoms with Crippen molar-refractivity contribution in [2.45, 2.75) is 19.5 Å². The van der Waals surface area contributed by atoms with E-state index >= 15 is 0 Å². The average Bonchev–Trinajstić information content (AvgIpc) is 3.12. The number of hydrogen-bond donors (Lipinski definition) is 0. The first-order valence-electron chi connectivity index (χ1n) is 10.7. The van der Waals surface area contributed by atoms with Crippen molar-refractivity contribution in [2.24, 2.45) is 0 Å². The maximum absolute atomic E-state index is 13.7. The first-order valence-corrected chi connectivity index (χ1v) is 10.7. The van der Waals surface area contributed by atoms with Crippen molar-refractivity contribution in [3.8, 4) is 11.5 Å². The molecule has 1 unspecified atom stereocenters. The zero-order chi connectivity index (χ0) is 23.1. The maximum atomic E-state index is 13.7. The summed E-state index contributed by atoms with van der Waals surface area (Å²) in [6.45, 7) is 2.23. The number of amides is 1. The van der Waals surface area contributed by atoms with Gasteiger partial charge in [-0.3, -0.25) is 9.59 Å². The monoisotopic (exact) mass is 441 g/mol. The van der Waals surface area contributed by atoms with Crippen LogP contribution in [0.1, 0.15) is 38.9 Å². The molecule has 6 nitrogen and oxygen atoms in total. The molecule has 5 rings (SSSR count). The van der Waals surface area contributed by atoms with Crippen molar-refractivity contribution in [3.63, 3.8) is 0 Å². The largest absolute Gasteiger partial charge is 0.497 e. The summed E-state index contributed by atoms with van der Waals surface area (Å²) in [6, 6.07) is 19.8. The zero-order valence-corrected chi connectivity index (χ0v) is 18.6. The lowest BCUT2D eigenvalue weighted by molar-refractivity contribution is 0.0714. The highest BCUT2D eigenvalue weighted by Crippen LogP contribution is 2.40. The van der Waals surface area contributed by atoms with Crippen LogP contribution in [0, 0.1) is 6.92 Å². The van der Waals surface area contributed by atoms with E-state index in [1.54, 1.807) is 31.3 Å². The molecule has 2 heterocycles. The van der Waals surface area contributed by atoms with Crippen LogP contribution >= 0.6 is 0 Å². The van der Waals surface area contributed by atoms with Crippen molar-refractivity contribution in [1.82, 2.24) is 4.90 Å². The van der Waals surface area contributed by atoms with Crippen molar-refractivity contribution < 1.29 is 18.7 Å². The van der Waals surface area contributed by atoms with Crippen LogP contribution in [-0.2, 0) is 6.54 Å². The van der Waals surface area contributed by atoms with Crippen LogP contribution in [0.2, 0.25) is 0 Å². The Balaban J connectivity index is 1.70. The smallest absolute Gasteiger partial charge is 0.291 e. The number of nitrogens with zero attached hydrogens (tertiary/aromatic N) is 1. The van der Waals surface area contributed by atoms with E-state index in [0.717, 1.165) is 22.4 Å². The van der Waals surface area contributed by atoms with Gasteiger partial charge < -0.3 is 18.8 Å². The van der Waals surface area contributed by atoms with E-state index in [0.29, 0.717) is 28.8 Å². The lowest BCUT2D eigenvalue weighted by Crippen LogP contribution is -2.29. The van der Waals surface area contributed by atoms with E-state index in [2.05, 4.69) is 0 Å². The van der Waals surface area contributed by atoms with Gasteiger partial charge in [0.25, 0.3) is 5.91 Å². The van der Waals surface area contributed by atoms with Gasteiger partial charge in [0.1, 0.15) is 17.1 Å². The Labute approximate surface area is 191 Å². The minimum atomic E-state index is -0.592. The summed E-state index contributed by atoms with van der Waals surface area (Å²) in [6.07, 6.45) is 0. The average molecular weight is 441 g/mol. The Morgan fingerprint density at radius 3 is 2.39 bits per heavy atom. The number of benzene rings is 3. The number of fused-ring (bicyclic) bond motifs is 2. The van der Waals surface area contributed by atoms with Gasteiger partial charge in [0, 0.05) is 6.54 Å². The van der Waals surface area contributed by atoms with E-state index in [1.165, 1.54) is 0 Å². The molecule has 0 aliphatic carbocycles. The van der Waals surface area contributed by atoms with E-state index in [9.17, 15) is 9.59 Å². The summed E-state index contributed by atoms with van der Waals surface area (Å²) < 4.78 is 16.7. The van der Waals surface area contributed by atoms with Gasteiger partial charge in [0.05, 0.1) is 31.2 Å². The van der Waals surface area contributed by atoms with E-state index < -0.39 is 6.04 Å². The van der Waals surface area contributed by atoms with E-state index in [1.807, 2.05) is 61.5 Å². The number of rotatable bonds is 5. The van der Waals surface area contributed by atoms with E-state index in [4.69, 9.17) is 13.9 Å². The summed E-state index contributed by atoms with van der Waals surface area (Å²) in [7, 11) is 3.20. The molecule has 1 atom stereocenters. The van der Waals surface area contributed by atoms with E-state index in [-0.39, 0.29) is 17.1 Å². The Kier molecular flexibility index (Phi) is 5.13. The van der Waals surface area contributed by atoms with Crippen LogP contribution in [0.5, 0.6) is 11.5 Å². The molecule has 0 N–H and O–H groups in total. The topological polar surface area (TPSA) is 69.0 Å². The van der Waals surface area contributed by atoms with Crippen molar-refractivity contribution in [3.05, 3.63) is 105 Å². The molecule has 1 aliphatic rings. The molecular weight excluding hydrogens is 418 g/mol. The minimum Gasteiger partial charge on any atom is -0.497 e. The number of hydrogen-bond acceptors (Lipinski definition) is 5. The molecule has 1 amide bonds. The summed E-state index contributed by atoms with van der Waals surface area (Å²) in [5.74, 6) is 1.17. The SMILES string of the molecule is COc1ccc(CN2C(=O)c3oc4ccc(C)cc4c(=O)c3C2c2cccc(OC)c2)cc1. The fourth-order valence-corrected chi connectivity index (χ4v) is 4.38. The second-order valence-electron chi connectivity index (χ2n) is 8.13. The standard InChI is InChI=1S/C27H23NO5/c1-16-7-12-22-21(13-16)25(29)23-24(18-5-4-6-20(14-18)32-3)28(27(30)26(23)33-22)15-17-8-10-19(31-2)11-9-17/h4-14,24H,15H2,1-3H3. The molecule has 0 saturated heterocycles. The predicted octanol–water partition coefficient (Wildman–Crippen LogP) is 4.86. The van der Waals surface area contributed by atoms with Gasteiger partial charge >= 0.3 is 0 Å². The van der Waals surface area contributed by atoms with Gasteiger partial charge in [0.2, 0.25) is 5.76 Å². The van der Waals surface area contributed by atoms with Crippen LogP contribution in [0.15, 0.2) is 75.9 Å². The predicted molar refractivity (Wildman–Crippen MR) is 125 cm³/mol. The summed E-state index contributed by atoms with van der Waals surface area (Å²) in [4.78, 5) is 28.9. The number of carbonyl (C=O) groups is 1. The fourth-order valence-electron chi connectivity index (χ4n) is 4.38. The van der Waals surface area contributed by atoms with Crippen LogP contribution in [0.4, 0.5) is 0 Å². The molecule has 0 bridgehead atoms. The Morgan fingerprint density at radius 1 is 0.909 bits per heavy atom. The number of carbonyl (C=O) groups excluding carboxylic acids is 1. The van der Waals surface area contributed by atoms with Crippen LogP contribution in [-0.4, -0.2) is 25.0 Å². The zero-order valence-electron chi connectivity index (χ0n) is 18.6. The van der Waals surface area contributed by atoms with Crippen molar-refractivity contribution in [2.75, 3.05) is 14.2 Å². The maximum Gasteiger partial charge on any atom is 0.291 e. The quantitative estimate of drug-likeness (QED) is 0.442. The van der Waals surface area contributed by atoms with Gasteiger partial charge in [-0.2, -0.15) is 0 Å². The molecule has 1 aliphatic heterocycles. The summed E-state index contributed by atoms with van der Waals surface area (Å²) in [5.41, 5.74) is 3.24. The van der Waals surface area contributed by atoms with Gasteiger partial charge in [0.15, 0.2) is 5.43 Å². The molecule has 0 fully saturated rings. The number of ether oxygens (including phenoxy) is 2. The van der Waals surface area contributed by atoms with Gasteiger partial charge in [-0.15, -0.1) is 0 Å². The molecule has 4 aromatic rings. The van der Waals surface area contributed by atoms with Gasteiger partial charge in [-0.25, -0.2) is 0 Å². The lowest BCUT2D eigenvalue weighted by atomic mass is 9.97. The summed E-state index contributed by atoms with van der Waals surface area (Å²) in [5, 5.41) is 0.473. The third-order valence-corrected chi connectivity index (χ3v) is 6.04. The molecule has 0 radical (unpaired) electrons. The Bertz CT molecular complexity index is 1420. The molecule has 166 valence electrons. The molecule has 3 aromatic carbocycles. The Hall–Kier alpha value is -4.06. The third kappa shape index (κ3) is 3.53. The first kappa shape index (κ1) is 20.8. The third-order valence-electron chi connectivity index (χ3n) is 6.04. The minimum absolute atomic E-state index is 0.0951. The first-order chi connectivity index (χ1) is 16.0. The highest BCUT2D eigenvalue weighted by atomic mass is 16.5. The number of aryl methyl sites for hydroxylation is 1. The molecule has 1 aromatic heterocycles. The molecule has 33 heavy (non-hydrogen) atoms.